The Bertz CT molecular complexity index is 1090. The molecule has 0 bridgehead atoms. The van der Waals surface area contributed by atoms with E-state index in [1.54, 1.807) is 43.6 Å². The van der Waals surface area contributed by atoms with Crippen LogP contribution in [0.3, 0.4) is 0 Å². The van der Waals surface area contributed by atoms with Gasteiger partial charge < -0.3 is 9.40 Å². The number of amides is 1. The number of anilines is 1. The number of nitrogens with one attached hydrogen (secondary N) is 2. The molecule has 2 N–H and O–H groups in total. The summed E-state index contributed by atoms with van der Waals surface area (Å²) in [7, 11) is 1.66. The normalized spacial score (nSPS) is 11.0. The van der Waals surface area contributed by atoms with Crippen molar-refractivity contribution in [2.45, 2.75) is 0 Å². The van der Waals surface area contributed by atoms with E-state index >= 15 is 0 Å². The summed E-state index contributed by atoms with van der Waals surface area (Å²) < 4.78 is 6.73. The van der Waals surface area contributed by atoms with Gasteiger partial charge >= 0.3 is 5.69 Å². The van der Waals surface area contributed by atoms with Gasteiger partial charge in [-0.25, -0.2) is 4.79 Å². The topological polar surface area (TPSA) is 106 Å². The smallest absolute Gasteiger partial charge is 0.326 e. The fourth-order valence-corrected chi connectivity index (χ4v) is 3.03. The first-order chi connectivity index (χ1) is 11.6. The first-order valence-electron chi connectivity index (χ1n) is 6.99. The molecule has 0 saturated carbocycles. The molecule has 3 heterocycles. The summed E-state index contributed by atoms with van der Waals surface area (Å²) >= 11 is 1.21. The standard InChI is InChI=1S/C15H11N5O3S/c1-20-10-5-4-8(7-9(10)16-15(20)22)12(21)17-14-19-18-13(24-14)11-3-2-6-23-11/h2-7H,1H3,(H,16,22)(H,17,19,21). The van der Waals surface area contributed by atoms with Crippen LogP contribution in [0.15, 0.2) is 45.8 Å². The summed E-state index contributed by atoms with van der Waals surface area (Å²) in [6.07, 6.45) is 1.55. The zero-order valence-corrected chi connectivity index (χ0v) is 13.3. The van der Waals surface area contributed by atoms with Gasteiger partial charge in [-0.05, 0) is 30.3 Å². The highest BCUT2D eigenvalue weighted by atomic mass is 32.1. The molecule has 0 spiro atoms. The first-order valence-corrected chi connectivity index (χ1v) is 7.81. The zero-order chi connectivity index (χ0) is 16.7. The van der Waals surface area contributed by atoms with Gasteiger partial charge in [-0.2, -0.15) is 0 Å². The van der Waals surface area contributed by atoms with Crippen molar-refractivity contribution in [1.29, 1.82) is 0 Å². The highest BCUT2D eigenvalue weighted by Crippen LogP contribution is 2.26. The Labute approximate surface area is 138 Å². The monoisotopic (exact) mass is 341 g/mol. The fourth-order valence-electron chi connectivity index (χ4n) is 2.32. The van der Waals surface area contributed by atoms with Crippen molar-refractivity contribution in [3.05, 3.63) is 52.6 Å². The van der Waals surface area contributed by atoms with Crippen LogP contribution in [0, 0.1) is 0 Å². The first kappa shape index (κ1) is 14.4. The van der Waals surface area contributed by atoms with Gasteiger partial charge in [-0.3, -0.25) is 14.7 Å². The van der Waals surface area contributed by atoms with Gasteiger partial charge in [0.05, 0.1) is 17.3 Å². The highest BCUT2D eigenvalue weighted by molar-refractivity contribution is 7.18. The number of benzene rings is 1. The third-order valence-electron chi connectivity index (χ3n) is 3.54. The molecule has 4 rings (SSSR count). The molecule has 0 saturated heterocycles. The number of aromatic amines is 1. The zero-order valence-electron chi connectivity index (χ0n) is 12.4. The number of fused-ring (bicyclic) bond motifs is 1. The van der Waals surface area contributed by atoms with Crippen molar-refractivity contribution in [3.8, 4) is 10.8 Å². The minimum absolute atomic E-state index is 0.227. The number of aryl methyl sites for hydroxylation is 1. The number of imidazole rings is 1. The molecule has 1 amide bonds. The molecular formula is C15H11N5O3S. The molecule has 4 aromatic rings. The van der Waals surface area contributed by atoms with Crippen molar-refractivity contribution < 1.29 is 9.21 Å². The lowest BCUT2D eigenvalue weighted by molar-refractivity contribution is 0.102. The van der Waals surface area contributed by atoms with Crippen molar-refractivity contribution in [1.82, 2.24) is 19.7 Å². The van der Waals surface area contributed by atoms with E-state index < -0.39 is 0 Å². The Morgan fingerprint density at radius 3 is 3.00 bits per heavy atom. The number of carbonyl (C=O) groups excluding carboxylic acids is 1. The summed E-state index contributed by atoms with van der Waals surface area (Å²) in [4.78, 5) is 26.7. The van der Waals surface area contributed by atoms with Gasteiger partial charge in [0.1, 0.15) is 0 Å². The Kier molecular flexibility index (Phi) is 3.28. The number of aromatic nitrogens is 4. The Morgan fingerprint density at radius 2 is 2.21 bits per heavy atom. The van der Waals surface area contributed by atoms with Crippen LogP contribution in [0.1, 0.15) is 10.4 Å². The molecule has 120 valence electrons. The quantitative estimate of drug-likeness (QED) is 0.594. The van der Waals surface area contributed by atoms with E-state index in [1.165, 1.54) is 15.9 Å². The molecule has 0 aliphatic heterocycles. The van der Waals surface area contributed by atoms with Crippen LogP contribution in [0.25, 0.3) is 21.8 Å². The van der Waals surface area contributed by atoms with E-state index in [0.717, 1.165) is 5.52 Å². The van der Waals surface area contributed by atoms with E-state index in [9.17, 15) is 9.59 Å². The predicted molar refractivity (Wildman–Crippen MR) is 89.1 cm³/mol. The largest absolute Gasteiger partial charge is 0.462 e. The number of rotatable bonds is 3. The number of furan rings is 1. The van der Waals surface area contributed by atoms with Crippen LogP contribution in [-0.2, 0) is 7.05 Å². The van der Waals surface area contributed by atoms with E-state index in [2.05, 4.69) is 20.5 Å². The molecule has 9 heteroatoms. The third kappa shape index (κ3) is 2.40. The minimum atomic E-state index is -0.330. The summed E-state index contributed by atoms with van der Waals surface area (Å²) in [5.41, 5.74) is 1.52. The van der Waals surface area contributed by atoms with Crippen LogP contribution in [0.4, 0.5) is 5.13 Å². The molecule has 3 aromatic heterocycles. The molecule has 0 aliphatic rings. The summed E-state index contributed by atoms with van der Waals surface area (Å²) in [6.45, 7) is 0. The van der Waals surface area contributed by atoms with Gasteiger partial charge in [0.15, 0.2) is 10.8 Å². The molecule has 0 aliphatic carbocycles. The molecular weight excluding hydrogens is 330 g/mol. The second-order valence-electron chi connectivity index (χ2n) is 5.06. The summed E-state index contributed by atoms with van der Waals surface area (Å²) in [5.74, 6) is 0.264. The van der Waals surface area contributed by atoms with E-state index in [1.807, 2.05) is 0 Å². The average Bonchev–Trinajstić information content (AvgIpc) is 3.29. The Hall–Kier alpha value is -3.20. The highest BCUT2D eigenvalue weighted by Gasteiger charge is 2.14. The predicted octanol–water partition coefficient (Wildman–Crippen LogP) is 2.23. The van der Waals surface area contributed by atoms with Crippen molar-refractivity contribution >= 4 is 33.4 Å². The average molecular weight is 341 g/mol. The molecule has 8 nitrogen and oxygen atoms in total. The minimum Gasteiger partial charge on any atom is -0.462 e. The summed E-state index contributed by atoms with van der Waals surface area (Å²) in [5, 5.41) is 11.6. The maximum atomic E-state index is 12.4. The van der Waals surface area contributed by atoms with Gasteiger partial charge in [0.2, 0.25) is 5.13 Å². The Balaban J connectivity index is 1.59. The van der Waals surface area contributed by atoms with Crippen LogP contribution < -0.4 is 11.0 Å². The van der Waals surface area contributed by atoms with Gasteiger partial charge in [-0.15, -0.1) is 10.2 Å². The molecule has 1 aromatic carbocycles. The number of carbonyl (C=O) groups is 1. The van der Waals surface area contributed by atoms with Crippen LogP contribution in [-0.4, -0.2) is 25.7 Å². The number of hydrogen-bond donors (Lipinski definition) is 2. The molecule has 0 atom stereocenters. The molecule has 0 radical (unpaired) electrons. The van der Waals surface area contributed by atoms with Crippen LogP contribution >= 0.6 is 11.3 Å². The lowest BCUT2D eigenvalue weighted by Crippen LogP contribution is -2.11. The Morgan fingerprint density at radius 1 is 1.33 bits per heavy atom. The number of hydrogen-bond acceptors (Lipinski definition) is 6. The van der Waals surface area contributed by atoms with Crippen molar-refractivity contribution in [2.24, 2.45) is 7.05 Å². The number of nitrogens with zero attached hydrogens (tertiary/aromatic N) is 3. The third-order valence-corrected chi connectivity index (χ3v) is 4.40. The molecule has 0 fully saturated rings. The van der Waals surface area contributed by atoms with E-state index in [4.69, 9.17) is 4.42 Å². The van der Waals surface area contributed by atoms with E-state index in [0.29, 0.717) is 27.0 Å². The fraction of sp³-hybridized carbons (Fsp3) is 0.0667. The van der Waals surface area contributed by atoms with Gasteiger partial charge in [-0.1, -0.05) is 11.3 Å². The lowest BCUT2D eigenvalue weighted by Gasteiger charge is -2.01. The second-order valence-corrected chi connectivity index (χ2v) is 6.04. The van der Waals surface area contributed by atoms with Crippen molar-refractivity contribution in [2.75, 3.05) is 5.32 Å². The number of H-pyrrole nitrogens is 1. The van der Waals surface area contributed by atoms with Crippen LogP contribution in [0.2, 0.25) is 0 Å². The molecule has 24 heavy (non-hydrogen) atoms. The summed E-state index contributed by atoms with van der Waals surface area (Å²) in [6, 6.07) is 8.52. The van der Waals surface area contributed by atoms with E-state index in [-0.39, 0.29) is 11.6 Å². The van der Waals surface area contributed by atoms with Gasteiger partial charge in [0.25, 0.3) is 5.91 Å². The van der Waals surface area contributed by atoms with Crippen LogP contribution in [0.5, 0.6) is 0 Å². The molecule has 0 unspecified atom stereocenters. The maximum Gasteiger partial charge on any atom is 0.326 e. The van der Waals surface area contributed by atoms with Gasteiger partial charge in [0, 0.05) is 12.6 Å². The second kappa shape index (κ2) is 5.46. The van der Waals surface area contributed by atoms with Crippen molar-refractivity contribution in [3.63, 3.8) is 0 Å². The lowest BCUT2D eigenvalue weighted by atomic mass is 10.2. The SMILES string of the molecule is Cn1c(=O)[nH]c2cc(C(=O)Nc3nnc(-c4ccco4)s3)ccc21. The maximum absolute atomic E-state index is 12.4.